The lowest BCUT2D eigenvalue weighted by molar-refractivity contribution is 0.464. The average Bonchev–Trinajstić information content (AvgIpc) is 2.02. The highest BCUT2D eigenvalue weighted by atomic mass is 35.5. The van der Waals surface area contributed by atoms with Gasteiger partial charge in [0.05, 0.1) is 12.1 Å². The van der Waals surface area contributed by atoms with E-state index in [2.05, 4.69) is 4.40 Å². The van der Waals surface area contributed by atoms with Gasteiger partial charge in [-0.25, -0.2) is 8.42 Å². The molecule has 0 N–H and O–H groups in total. The minimum Gasteiger partial charge on any atom is -0.359 e. The Labute approximate surface area is 84.6 Å². The fraction of sp³-hybridized carbons (Fsp3) is 0.857. The first-order valence-electron chi connectivity index (χ1n) is 4.04. The van der Waals surface area contributed by atoms with Crippen LogP contribution < -0.4 is 0 Å². The van der Waals surface area contributed by atoms with Crippen LogP contribution in [0.15, 0.2) is 4.40 Å². The van der Waals surface area contributed by atoms with E-state index < -0.39 is 10.0 Å². The highest BCUT2D eigenvalue weighted by molar-refractivity contribution is 7.89. The molecule has 0 aliphatic carbocycles. The number of amidine groups is 1. The minimum atomic E-state index is -3.34. The molecule has 78 valence electrons. The van der Waals surface area contributed by atoms with Crippen LogP contribution in [0.4, 0.5) is 0 Å². The van der Waals surface area contributed by atoms with E-state index in [0.717, 1.165) is 6.26 Å². The molecule has 0 saturated heterocycles. The van der Waals surface area contributed by atoms with E-state index in [1.807, 2.05) is 18.7 Å². The molecule has 0 spiro atoms. The highest BCUT2D eigenvalue weighted by Gasteiger charge is 2.09. The zero-order valence-electron chi connectivity index (χ0n) is 8.12. The van der Waals surface area contributed by atoms with Gasteiger partial charge in [0.2, 0.25) is 0 Å². The molecule has 0 aromatic rings. The summed E-state index contributed by atoms with van der Waals surface area (Å²) in [6.07, 6.45) is 1.06. The summed E-state index contributed by atoms with van der Waals surface area (Å²) in [5.74, 6) is 0.531. The Bertz CT molecular complexity index is 270. The zero-order chi connectivity index (χ0) is 10.5. The summed E-state index contributed by atoms with van der Waals surface area (Å²) in [5, 5.41) is 0. The third kappa shape index (κ3) is 5.10. The maximum atomic E-state index is 10.9. The number of sulfonamides is 1. The van der Waals surface area contributed by atoms with Gasteiger partial charge in [0.25, 0.3) is 10.0 Å². The molecule has 6 heteroatoms. The van der Waals surface area contributed by atoms with Gasteiger partial charge in [-0.3, -0.25) is 0 Å². The Balaban J connectivity index is 4.78. The Kier molecular flexibility index (Phi) is 5.32. The van der Waals surface area contributed by atoms with Crippen molar-refractivity contribution in [2.75, 3.05) is 25.2 Å². The van der Waals surface area contributed by atoms with Crippen molar-refractivity contribution in [3.8, 4) is 0 Å². The van der Waals surface area contributed by atoms with E-state index in [9.17, 15) is 8.42 Å². The lowest BCUT2D eigenvalue weighted by Crippen LogP contribution is -2.32. The van der Waals surface area contributed by atoms with Gasteiger partial charge in [-0.1, -0.05) is 0 Å². The SMILES string of the molecule is CCN(CC)C(CCl)=NS(C)(=O)=O. The van der Waals surface area contributed by atoms with Crippen molar-refractivity contribution in [2.45, 2.75) is 13.8 Å². The molecular formula is C7H15ClN2O2S. The van der Waals surface area contributed by atoms with Gasteiger partial charge >= 0.3 is 0 Å². The van der Waals surface area contributed by atoms with Crippen LogP contribution in [0.3, 0.4) is 0 Å². The number of hydrogen-bond acceptors (Lipinski definition) is 2. The van der Waals surface area contributed by atoms with E-state index in [-0.39, 0.29) is 5.88 Å². The molecule has 0 aliphatic heterocycles. The van der Waals surface area contributed by atoms with Crippen LogP contribution in [0.25, 0.3) is 0 Å². The number of rotatable bonds is 4. The topological polar surface area (TPSA) is 49.7 Å². The van der Waals surface area contributed by atoms with E-state index in [1.165, 1.54) is 0 Å². The predicted molar refractivity (Wildman–Crippen MR) is 55.9 cm³/mol. The van der Waals surface area contributed by atoms with E-state index >= 15 is 0 Å². The summed E-state index contributed by atoms with van der Waals surface area (Å²) in [6.45, 7) is 5.26. The summed E-state index contributed by atoms with van der Waals surface area (Å²) in [6, 6.07) is 0. The molecule has 0 atom stereocenters. The Morgan fingerprint density at radius 3 is 2.08 bits per heavy atom. The van der Waals surface area contributed by atoms with Gasteiger partial charge in [-0.05, 0) is 13.8 Å². The number of alkyl halides is 1. The van der Waals surface area contributed by atoms with Crippen molar-refractivity contribution >= 4 is 27.5 Å². The fourth-order valence-electron chi connectivity index (χ4n) is 0.947. The molecule has 0 aliphatic rings. The summed E-state index contributed by atoms with van der Waals surface area (Å²) >= 11 is 5.59. The maximum Gasteiger partial charge on any atom is 0.251 e. The highest BCUT2D eigenvalue weighted by Crippen LogP contribution is 1.98. The van der Waals surface area contributed by atoms with Crippen molar-refractivity contribution < 1.29 is 8.42 Å². The molecule has 0 aromatic carbocycles. The van der Waals surface area contributed by atoms with Crippen LogP contribution in [0, 0.1) is 0 Å². The molecule has 0 amide bonds. The Morgan fingerprint density at radius 2 is 1.85 bits per heavy atom. The molecular weight excluding hydrogens is 212 g/mol. The second kappa shape index (κ2) is 5.44. The van der Waals surface area contributed by atoms with Gasteiger partial charge < -0.3 is 4.90 Å². The van der Waals surface area contributed by atoms with Gasteiger partial charge in [-0.15, -0.1) is 16.0 Å². The molecule has 0 radical (unpaired) electrons. The standard InChI is InChI=1S/C7H15ClN2O2S/c1-4-10(5-2)7(6-8)9-13(3,11)12/h4-6H2,1-3H3. The third-order valence-corrected chi connectivity index (χ3v) is 2.30. The first-order chi connectivity index (χ1) is 5.94. The smallest absolute Gasteiger partial charge is 0.251 e. The van der Waals surface area contributed by atoms with Gasteiger partial charge in [-0.2, -0.15) is 0 Å². The van der Waals surface area contributed by atoms with Gasteiger partial charge in [0.15, 0.2) is 0 Å². The van der Waals surface area contributed by atoms with Crippen LogP contribution in [0.5, 0.6) is 0 Å². The quantitative estimate of drug-likeness (QED) is 0.407. The molecule has 0 bridgehead atoms. The van der Waals surface area contributed by atoms with E-state index in [0.29, 0.717) is 18.9 Å². The van der Waals surface area contributed by atoms with Crippen LogP contribution in [0.1, 0.15) is 13.8 Å². The van der Waals surface area contributed by atoms with E-state index in [4.69, 9.17) is 11.6 Å². The zero-order valence-corrected chi connectivity index (χ0v) is 9.69. The molecule has 4 nitrogen and oxygen atoms in total. The van der Waals surface area contributed by atoms with Crippen LogP contribution in [-0.2, 0) is 10.0 Å². The summed E-state index contributed by atoms with van der Waals surface area (Å²) < 4.78 is 25.3. The molecule has 0 unspecified atom stereocenters. The Morgan fingerprint density at radius 1 is 1.38 bits per heavy atom. The maximum absolute atomic E-state index is 10.9. The largest absolute Gasteiger partial charge is 0.359 e. The summed E-state index contributed by atoms with van der Waals surface area (Å²) in [7, 11) is -3.34. The van der Waals surface area contributed by atoms with Gasteiger partial charge in [0, 0.05) is 13.1 Å². The van der Waals surface area contributed by atoms with Gasteiger partial charge in [0.1, 0.15) is 5.84 Å². The summed E-state index contributed by atoms with van der Waals surface area (Å²) in [5.41, 5.74) is 0. The predicted octanol–water partition coefficient (Wildman–Crippen LogP) is 0.925. The van der Waals surface area contributed by atoms with Crippen molar-refractivity contribution in [2.24, 2.45) is 4.40 Å². The van der Waals surface area contributed by atoms with Crippen molar-refractivity contribution in [3.63, 3.8) is 0 Å². The summed E-state index contributed by atoms with van der Waals surface area (Å²) in [4.78, 5) is 1.81. The molecule has 0 fully saturated rings. The van der Waals surface area contributed by atoms with E-state index in [1.54, 1.807) is 0 Å². The van der Waals surface area contributed by atoms with Crippen molar-refractivity contribution in [1.82, 2.24) is 4.90 Å². The second-order valence-electron chi connectivity index (χ2n) is 2.55. The van der Waals surface area contributed by atoms with Crippen LogP contribution in [0.2, 0.25) is 0 Å². The Hall–Kier alpha value is -0.290. The lowest BCUT2D eigenvalue weighted by Gasteiger charge is -2.20. The fourth-order valence-corrected chi connectivity index (χ4v) is 1.81. The normalized spacial score (nSPS) is 13.1. The first-order valence-corrected chi connectivity index (χ1v) is 6.42. The first kappa shape index (κ1) is 12.7. The second-order valence-corrected chi connectivity index (χ2v) is 4.46. The number of hydrogen-bond donors (Lipinski definition) is 0. The van der Waals surface area contributed by atoms with Crippen molar-refractivity contribution in [3.05, 3.63) is 0 Å². The van der Waals surface area contributed by atoms with Crippen LogP contribution >= 0.6 is 11.6 Å². The molecule has 0 aromatic heterocycles. The molecule has 0 heterocycles. The number of halogens is 1. The monoisotopic (exact) mass is 226 g/mol. The van der Waals surface area contributed by atoms with Crippen LogP contribution in [-0.4, -0.2) is 44.4 Å². The molecule has 0 rings (SSSR count). The molecule has 0 saturated carbocycles. The average molecular weight is 227 g/mol. The number of nitrogens with zero attached hydrogens (tertiary/aromatic N) is 2. The van der Waals surface area contributed by atoms with Crippen molar-refractivity contribution in [1.29, 1.82) is 0 Å². The third-order valence-electron chi connectivity index (χ3n) is 1.52. The molecule has 13 heavy (non-hydrogen) atoms. The minimum absolute atomic E-state index is 0.120. The lowest BCUT2D eigenvalue weighted by atomic mass is 10.5.